The van der Waals surface area contributed by atoms with E-state index in [2.05, 4.69) is 29.0 Å². The number of aromatic nitrogens is 2. The Kier molecular flexibility index (Phi) is 6.87. The largest absolute Gasteiger partial charge is 0.383 e. The van der Waals surface area contributed by atoms with Crippen molar-refractivity contribution in [2.75, 3.05) is 26.8 Å². The van der Waals surface area contributed by atoms with E-state index in [-0.39, 0.29) is 24.6 Å². The molecule has 8 heteroatoms. The third kappa shape index (κ3) is 4.76. The Labute approximate surface area is 169 Å². The summed E-state index contributed by atoms with van der Waals surface area (Å²) in [5.41, 5.74) is -0.118. The van der Waals surface area contributed by atoms with Crippen LogP contribution in [-0.2, 0) is 11.3 Å². The highest BCUT2D eigenvalue weighted by Crippen LogP contribution is 2.21. The van der Waals surface area contributed by atoms with Crippen LogP contribution >= 0.6 is 0 Å². The molecule has 2 aromatic rings. The van der Waals surface area contributed by atoms with Crippen LogP contribution in [0.15, 0.2) is 27.8 Å². The molecular weight excluding hydrogens is 372 g/mol. The Hall–Kier alpha value is -2.45. The zero-order valence-electron chi connectivity index (χ0n) is 17.4. The normalized spacial score (nSPS) is 20.1. The predicted molar refractivity (Wildman–Crippen MR) is 113 cm³/mol. The fraction of sp³-hybridized carbons (Fsp3) is 0.571. The fourth-order valence-corrected chi connectivity index (χ4v) is 4.10. The molecule has 0 aliphatic carbocycles. The van der Waals surface area contributed by atoms with Crippen LogP contribution in [0.2, 0.25) is 0 Å². The molecule has 0 bridgehead atoms. The van der Waals surface area contributed by atoms with Crippen LogP contribution in [0.25, 0.3) is 10.9 Å². The number of piperidine rings is 1. The summed E-state index contributed by atoms with van der Waals surface area (Å²) in [6, 6.07) is 5.81. The van der Waals surface area contributed by atoms with Gasteiger partial charge >= 0.3 is 5.69 Å². The number of rotatable bonds is 7. The number of carbonyl (C=O) groups is 1. The van der Waals surface area contributed by atoms with Crippen LogP contribution in [-0.4, -0.2) is 59.2 Å². The molecule has 1 fully saturated rings. The van der Waals surface area contributed by atoms with Crippen molar-refractivity contribution in [3.63, 3.8) is 0 Å². The van der Waals surface area contributed by atoms with E-state index in [1.54, 1.807) is 18.2 Å². The first-order valence-corrected chi connectivity index (χ1v) is 10.2. The molecule has 2 heterocycles. The second-order valence-electron chi connectivity index (χ2n) is 7.76. The van der Waals surface area contributed by atoms with Crippen molar-refractivity contribution in [2.45, 2.75) is 51.7 Å². The molecule has 0 saturated carbocycles. The number of nitrogens with zero attached hydrogens (tertiary/aromatic N) is 2. The lowest BCUT2D eigenvalue weighted by atomic mass is 9.98. The minimum Gasteiger partial charge on any atom is -0.383 e. The van der Waals surface area contributed by atoms with Gasteiger partial charge < -0.3 is 15.0 Å². The number of ether oxygens (including phenoxy) is 1. The summed E-state index contributed by atoms with van der Waals surface area (Å²) in [5.74, 6) is -0.214. The van der Waals surface area contributed by atoms with E-state index >= 15 is 0 Å². The van der Waals surface area contributed by atoms with Gasteiger partial charge in [-0.1, -0.05) is 6.42 Å². The van der Waals surface area contributed by atoms with E-state index in [0.717, 1.165) is 11.1 Å². The van der Waals surface area contributed by atoms with Gasteiger partial charge in [-0.2, -0.15) is 0 Å². The highest BCUT2D eigenvalue weighted by Gasteiger charge is 2.24. The highest BCUT2D eigenvalue weighted by atomic mass is 16.5. The maximum Gasteiger partial charge on any atom is 0.328 e. The number of benzene rings is 1. The van der Waals surface area contributed by atoms with Crippen LogP contribution < -0.4 is 16.6 Å². The van der Waals surface area contributed by atoms with Crippen molar-refractivity contribution in [2.24, 2.45) is 0 Å². The smallest absolute Gasteiger partial charge is 0.328 e. The van der Waals surface area contributed by atoms with Crippen molar-refractivity contribution in [3.8, 4) is 0 Å². The Bertz CT molecular complexity index is 971. The van der Waals surface area contributed by atoms with Crippen LogP contribution in [0.4, 0.5) is 0 Å². The quantitative estimate of drug-likeness (QED) is 0.728. The maximum absolute atomic E-state index is 12.5. The highest BCUT2D eigenvalue weighted by molar-refractivity contribution is 5.97. The van der Waals surface area contributed by atoms with Crippen molar-refractivity contribution in [3.05, 3.63) is 44.6 Å². The molecule has 2 N–H and O–H groups in total. The van der Waals surface area contributed by atoms with Gasteiger partial charge in [0.1, 0.15) is 0 Å². The van der Waals surface area contributed by atoms with E-state index in [1.807, 2.05) is 0 Å². The van der Waals surface area contributed by atoms with Crippen LogP contribution in [0.3, 0.4) is 0 Å². The number of carbonyl (C=O) groups excluding carboxylic acids is 1. The van der Waals surface area contributed by atoms with E-state index in [1.165, 1.54) is 26.4 Å². The average Bonchev–Trinajstić information content (AvgIpc) is 2.69. The molecular formula is C21H30N4O4. The van der Waals surface area contributed by atoms with Crippen LogP contribution in [0.1, 0.15) is 43.5 Å². The Morgan fingerprint density at radius 2 is 1.93 bits per heavy atom. The number of methoxy groups -OCH3 is 1. The molecule has 3 rings (SSSR count). The number of H-pyrrole nitrogens is 1. The molecule has 1 aliphatic heterocycles. The van der Waals surface area contributed by atoms with E-state index in [0.29, 0.717) is 35.1 Å². The van der Waals surface area contributed by atoms with Gasteiger partial charge in [-0.05, 0) is 44.9 Å². The molecule has 29 heavy (non-hydrogen) atoms. The van der Waals surface area contributed by atoms with Gasteiger partial charge in [-0.15, -0.1) is 0 Å². The second-order valence-corrected chi connectivity index (χ2v) is 7.76. The third-order valence-electron chi connectivity index (χ3n) is 5.79. The van der Waals surface area contributed by atoms with Crippen molar-refractivity contribution in [1.82, 2.24) is 19.8 Å². The van der Waals surface area contributed by atoms with E-state index < -0.39 is 5.69 Å². The first-order chi connectivity index (χ1) is 13.9. The number of aromatic amines is 1. The molecule has 1 saturated heterocycles. The minimum atomic E-state index is -0.509. The van der Waals surface area contributed by atoms with Gasteiger partial charge in [-0.25, -0.2) is 4.79 Å². The number of likely N-dealkylation sites (tertiary alicyclic amines) is 1. The lowest BCUT2D eigenvalue weighted by molar-refractivity contribution is 0.0889. The molecule has 1 aromatic carbocycles. The summed E-state index contributed by atoms with van der Waals surface area (Å²) >= 11 is 0. The summed E-state index contributed by atoms with van der Waals surface area (Å²) in [4.78, 5) is 42.4. The molecule has 1 amide bonds. The van der Waals surface area contributed by atoms with Crippen LogP contribution in [0.5, 0.6) is 0 Å². The third-order valence-corrected chi connectivity index (χ3v) is 5.79. The first kappa shape index (κ1) is 21.3. The first-order valence-electron chi connectivity index (χ1n) is 10.2. The van der Waals surface area contributed by atoms with Gasteiger partial charge in [0.25, 0.3) is 11.5 Å². The number of amides is 1. The number of hydrogen-bond donors (Lipinski definition) is 2. The van der Waals surface area contributed by atoms with Gasteiger partial charge in [0.15, 0.2) is 0 Å². The molecule has 0 radical (unpaired) electrons. The molecule has 0 spiro atoms. The van der Waals surface area contributed by atoms with Crippen molar-refractivity contribution in [1.29, 1.82) is 0 Å². The Morgan fingerprint density at radius 1 is 1.21 bits per heavy atom. The number of fused-ring (bicyclic) bond motifs is 1. The summed E-state index contributed by atoms with van der Waals surface area (Å²) < 4.78 is 6.05. The molecule has 158 valence electrons. The van der Waals surface area contributed by atoms with Gasteiger partial charge in [-0.3, -0.25) is 19.1 Å². The van der Waals surface area contributed by atoms with Crippen molar-refractivity contribution >= 4 is 16.8 Å². The average molecular weight is 402 g/mol. The lowest BCUT2D eigenvalue weighted by Gasteiger charge is -2.39. The summed E-state index contributed by atoms with van der Waals surface area (Å²) in [5, 5.41) is 3.32. The molecule has 0 unspecified atom stereocenters. The van der Waals surface area contributed by atoms with Gasteiger partial charge in [0.2, 0.25) is 0 Å². The molecule has 2 atom stereocenters. The number of nitrogens with one attached hydrogen (secondary N) is 2. The summed E-state index contributed by atoms with van der Waals surface area (Å²) in [6.07, 6.45) is 3.64. The van der Waals surface area contributed by atoms with Crippen LogP contribution in [0, 0.1) is 0 Å². The lowest BCUT2D eigenvalue weighted by Crippen LogP contribution is -2.47. The van der Waals surface area contributed by atoms with E-state index in [4.69, 9.17) is 4.74 Å². The fourth-order valence-electron chi connectivity index (χ4n) is 4.10. The predicted octanol–water partition coefficient (Wildman–Crippen LogP) is 1.33. The van der Waals surface area contributed by atoms with Gasteiger partial charge in [0.05, 0.1) is 24.1 Å². The number of hydrogen-bond acceptors (Lipinski definition) is 5. The topological polar surface area (TPSA) is 96.4 Å². The zero-order chi connectivity index (χ0) is 21.0. The van der Waals surface area contributed by atoms with E-state index in [9.17, 15) is 14.4 Å². The molecule has 8 nitrogen and oxygen atoms in total. The maximum atomic E-state index is 12.5. The summed E-state index contributed by atoms with van der Waals surface area (Å²) in [6.45, 7) is 6.27. The molecule has 1 aromatic heterocycles. The zero-order valence-corrected chi connectivity index (χ0v) is 17.4. The molecule has 1 aliphatic rings. The summed E-state index contributed by atoms with van der Waals surface area (Å²) in [7, 11) is 1.51. The Balaban J connectivity index is 1.70. The standard InChI is InChI=1S/C21H30N4O4/c1-14-5-4-6-15(2)24(14)10-9-22-19(26)16-7-8-17-18(13-16)23-21(28)25(20(17)27)11-12-29-3/h7-8,13-15H,4-6,9-12H2,1-3H3,(H,22,26)(H,23,28)/t14-,15-/m1/s1. The Morgan fingerprint density at radius 3 is 2.62 bits per heavy atom. The van der Waals surface area contributed by atoms with Gasteiger partial charge in [0, 0.05) is 37.8 Å². The second kappa shape index (κ2) is 9.37. The SMILES string of the molecule is COCCn1c(=O)[nH]c2cc(C(=O)NCCN3[C@H](C)CCC[C@H]3C)ccc2c1=O. The van der Waals surface area contributed by atoms with Crippen molar-refractivity contribution < 1.29 is 9.53 Å². The monoisotopic (exact) mass is 402 g/mol. The minimum absolute atomic E-state index is 0.177.